The summed E-state index contributed by atoms with van der Waals surface area (Å²) < 4.78 is 0. The molecule has 3 heteroatoms. The Morgan fingerprint density at radius 3 is 2.43 bits per heavy atom. The van der Waals surface area contributed by atoms with E-state index in [1.54, 1.807) is 6.08 Å². The van der Waals surface area contributed by atoms with Crippen molar-refractivity contribution < 1.29 is 4.79 Å². The zero-order valence-corrected chi connectivity index (χ0v) is 12.8. The van der Waals surface area contributed by atoms with Crippen LogP contribution >= 0.6 is 0 Å². The zero-order valence-electron chi connectivity index (χ0n) is 12.8. The first kappa shape index (κ1) is 15.6. The molecule has 1 aromatic rings. The Labute approximate surface area is 127 Å². The topological polar surface area (TPSA) is 55.1 Å². The molecule has 1 aromatic carbocycles. The first-order valence-corrected chi connectivity index (χ1v) is 7.99. The van der Waals surface area contributed by atoms with E-state index in [0.717, 1.165) is 11.3 Å². The molecule has 2 rings (SSSR count). The zero-order chi connectivity index (χ0) is 15.1. The van der Waals surface area contributed by atoms with E-state index >= 15 is 0 Å². The van der Waals surface area contributed by atoms with Crippen molar-refractivity contribution in [1.29, 1.82) is 0 Å². The van der Waals surface area contributed by atoms with Crippen LogP contribution in [0.25, 0.3) is 6.08 Å². The second kappa shape index (κ2) is 7.87. The molecule has 0 unspecified atom stereocenters. The maximum Gasteiger partial charge on any atom is 0.244 e. The van der Waals surface area contributed by atoms with Crippen LogP contribution in [0.1, 0.15) is 51.0 Å². The number of rotatable bonds is 4. The fourth-order valence-electron chi connectivity index (χ4n) is 2.98. The predicted molar refractivity (Wildman–Crippen MR) is 88.7 cm³/mol. The highest BCUT2D eigenvalue weighted by Gasteiger charge is 2.19. The summed E-state index contributed by atoms with van der Waals surface area (Å²) in [4.78, 5) is 12.0. The summed E-state index contributed by atoms with van der Waals surface area (Å²) >= 11 is 0. The molecule has 3 N–H and O–H groups in total. The third-order valence-corrected chi connectivity index (χ3v) is 4.34. The normalized spacial score (nSPS) is 18.3. The third-order valence-electron chi connectivity index (χ3n) is 4.34. The SMILES string of the molecule is C[C@@H](NC(=O)/C=C/c1ccc(N)cc1)C1CCCCCC1. The second-order valence-corrected chi connectivity index (χ2v) is 6.05. The lowest BCUT2D eigenvalue weighted by atomic mass is 9.93. The van der Waals surface area contributed by atoms with Crippen molar-refractivity contribution in [2.24, 2.45) is 5.92 Å². The van der Waals surface area contributed by atoms with Gasteiger partial charge in [-0.1, -0.05) is 37.8 Å². The van der Waals surface area contributed by atoms with E-state index in [2.05, 4.69) is 12.2 Å². The number of nitrogens with one attached hydrogen (secondary N) is 1. The van der Waals surface area contributed by atoms with Gasteiger partial charge in [0.2, 0.25) is 5.91 Å². The predicted octanol–water partition coefficient (Wildman–Crippen LogP) is 3.76. The van der Waals surface area contributed by atoms with Gasteiger partial charge in [-0.25, -0.2) is 0 Å². The van der Waals surface area contributed by atoms with Gasteiger partial charge in [-0.2, -0.15) is 0 Å². The highest BCUT2D eigenvalue weighted by molar-refractivity contribution is 5.91. The summed E-state index contributed by atoms with van der Waals surface area (Å²) in [5, 5.41) is 3.11. The minimum Gasteiger partial charge on any atom is -0.399 e. The molecule has 3 nitrogen and oxygen atoms in total. The van der Waals surface area contributed by atoms with Crippen molar-refractivity contribution >= 4 is 17.7 Å². The number of nitrogen functional groups attached to an aromatic ring is 1. The van der Waals surface area contributed by atoms with E-state index in [0.29, 0.717) is 5.92 Å². The molecule has 0 spiro atoms. The molecule has 1 aliphatic carbocycles. The number of hydrogen-bond acceptors (Lipinski definition) is 2. The maximum absolute atomic E-state index is 12.0. The van der Waals surface area contributed by atoms with Crippen LogP contribution in [0.4, 0.5) is 5.69 Å². The number of nitrogens with two attached hydrogens (primary N) is 1. The summed E-state index contributed by atoms with van der Waals surface area (Å²) in [6.07, 6.45) is 11.2. The average Bonchev–Trinajstić information content (AvgIpc) is 2.76. The van der Waals surface area contributed by atoms with Crippen LogP contribution in [0.15, 0.2) is 30.3 Å². The molecule has 0 aromatic heterocycles. The summed E-state index contributed by atoms with van der Waals surface area (Å²) in [6, 6.07) is 7.76. The van der Waals surface area contributed by atoms with Gasteiger partial charge in [0.05, 0.1) is 0 Å². The lowest BCUT2D eigenvalue weighted by Crippen LogP contribution is -2.37. The Bertz CT molecular complexity index is 470. The lowest BCUT2D eigenvalue weighted by Gasteiger charge is -2.22. The van der Waals surface area contributed by atoms with Crippen molar-refractivity contribution in [3.05, 3.63) is 35.9 Å². The molecule has 1 aliphatic rings. The minimum atomic E-state index is -0.0106. The number of benzene rings is 1. The molecule has 0 saturated heterocycles. The third kappa shape index (κ3) is 5.25. The van der Waals surface area contributed by atoms with Crippen LogP contribution in [0.5, 0.6) is 0 Å². The molecular formula is C18H26N2O. The van der Waals surface area contributed by atoms with Crippen molar-refractivity contribution in [1.82, 2.24) is 5.32 Å². The maximum atomic E-state index is 12.0. The van der Waals surface area contributed by atoms with Crippen LogP contribution in [0.2, 0.25) is 0 Å². The van der Waals surface area contributed by atoms with Crippen LogP contribution in [0, 0.1) is 5.92 Å². The quantitative estimate of drug-likeness (QED) is 0.503. The smallest absolute Gasteiger partial charge is 0.244 e. The molecule has 0 aliphatic heterocycles. The van der Waals surface area contributed by atoms with Crippen molar-refractivity contribution in [3.63, 3.8) is 0 Å². The highest BCUT2D eigenvalue weighted by atomic mass is 16.1. The van der Waals surface area contributed by atoms with E-state index in [1.807, 2.05) is 30.3 Å². The molecule has 1 amide bonds. The van der Waals surface area contributed by atoms with Gasteiger partial charge in [0, 0.05) is 17.8 Å². The first-order chi connectivity index (χ1) is 10.1. The summed E-state index contributed by atoms with van der Waals surface area (Å²) in [6.45, 7) is 2.13. The Morgan fingerprint density at radius 1 is 1.19 bits per heavy atom. The molecule has 1 atom stereocenters. The molecular weight excluding hydrogens is 260 g/mol. The van der Waals surface area contributed by atoms with Gasteiger partial charge in [0.15, 0.2) is 0 Å². The fourth-order valence-corrected chi connectivity index (χ4v) is 2.98. The molecule has 0 bridgehead atoms. The Morgan fingerprint density at radius 2 is 1.81 bits per heavy atom. The van der Waals surface area contributed by atoms with Gasteiger partial charge >= 0.3 is 0 Å². The van der Waals surface area contributed by atoms with Gasteiger partial charge in [-0.15, -0.1) is 0 Å². The Hall–Kier alpha value is -1.77. The van der Waals surface area contributed by atoms with E-state index in [1.165, 1.54) is 38.5 Å². The second-order valence-electron chi connectivity index (χ2n) is 6.05. The van der Waals surface area contributed by atoms with E-state index < -0.39 is 0 Å². The monoisotopic (exact) mass is 286 g/mol. The van der Waals surface area contributed by atoms with Crippen molar-refractivity contribution in [3.8, 4) is 0 Å². The molecule has 21 heavy (non-hydrogen) atoms. The molecule has 1 fully saturated rings. The molecule has 0 heterocycles. The number of anilines is 1. The summed E-state index contributed by atoms with van der Waals surface area (Å²) in [7, 11) is 0. The van der Waals surface area contributed by atoms with Crippen LogP contribution in [0.3, 0.4) is 0 Å². The average molecular weight is 286 g/mol. The lowest BCUT2D eigenvalue weighted by molar-refractivity contribution is -0.117. The number of amides is 1. The number of carbonyl (C=O) groups excluding carboxylic acids is 1. The molecule has 0 radical (unpaired) electrons. The van der Waals surface area contributed by atoms with Gasteiger partial charge < -0.3 is 11.1 Å². The minimum absolute atomic E-state index is 0.0106. The van der Waals surface area contributed by atoms with Crippen LogP contribution in [-0.4, -0.2) is 11.9 Å². The Balaban J connectivity index is 1.84. The van der Waals surface area contributed by atoms with E-state index in [-0.39, 0.29) is 11.9 Å². The summed E-state index contributed by atoms with van der Waals surface area (Å²) in [5.41, 5.74) is 7.36. The standard InChI is InChI=1S/C18H26N2O/c1-14(16-6-4-2-3-5-7-16)20-18(21)13-10-15-8-11-17(19)12-9-15/h8-14,16H,2-7,19H2,1H3,(H,20,21)/b13-10+/t14-/m1/s1. The van der Waals surface area contributed by atoms with Gasteiger partial charge in [-0.3, -0.25) is 4.79 Å². The van der Waals surface area contributed by atoms with E-state index in [9.17, 15) is 4.79 Å². The molecule has 1 saturated carbocycles. The van der Waals surface area contributed by atoms with Crippen molar-refractivity contribution in [2.45, 2.75) is 51.5 Å². The van der Waals surface area contributed by atoms with Crippen molar-refractivity contribution in [2.75, 3.05) is 5.73 Å². The largest absolute Gasteiger partial charge is 0.399 e. The molecule has 114 valence electrons. The number of carbonyl (C=O) groups is 1. The van der Waals surface area contributed by atoms with Gasteiger partial charge in [-0.05, 0) is 49.5 Å². The van der Waals surface area contributed by atoms with Crippen LogP contribution in [-0.2, 0) is 4.79 Å². The van der Waals surface area contributed by atoms with Gasteiger partial charge in [0.1, 0.15) is 0 Å². The van der Waals surface area contributed by atoms with E-state index in [4.69, 9.17) is 5.73 Å². The summed E-state index contributed by atoms with van der Waals surface area (Å²) in [5.74, 6) is 0.616. The first-order valence-electron chi connectivity index (χ1n) is 7.99. The van der Waals surface area contributed by atoms with Crippen LogP contribution < -0.4 is 11.1 Å². The fraction of sp³-hybridized carbons (Fsp3) is 0.500. The number of hydrogen-bond donors (Lipinski definition) is 2. The Kier molecular flexibility index (Phi) is 5.85. The highest BCUT2D eigenvalue weighted by Crippen LogP contribution is 2.25. The van der Waals surface area contributed by atoms with Gasteiger partial charge in [0.25, 0.3) is 0 Å².